The van der Waals surface area contributed by atoms with Crippen molar-refractivity contribution in [3.63, 3.8) is 0 Å². The molecule has 19 heavy (non-hydrogen) atoms. The summed E-state index contributed by atoms with van der Waals surface area (Å²) in [7, 11) is -3.79. The summed E-state index contributed by atoms with van der Waals surface area (Å²) in [6.45, 7) is 1.79. The van der Waals surface area contributed by atoms with Crippen molar-refractivity contribution in [3.05, 3.63) is 0 Å². The van der Waals surface area contributed by atoms with E-state index in [2.05, 4.69) is 19.7 Å². The molecule has 9 N–H and O–H groups in total. The molecular formula is C7H20N6O5S. The van der Waals surface area contributed by atoms with Crippen LogP contribution in [0.3, 0.4) is 0 Å². The van der Waals surface area contributed by atoms with E-state index < -0.39 is 10.1 Å². The van der Waals surface area contributed by atoms with Gasteiger partial charge in [0, 0.05) is 19.6 Å². The van der Waals surface area contributed by atoms with Gasteiger partial charge < -0.3 is 21.7 Å². The van der Waals surface area contributed by atoms with E-state index in [9.17, 15) is 8.42 Å². The van der Waals surface area contributed by atoms with Crippen molar-refractivity contribution in [2.45, 2.75) is 6.42 Å². The van der Waals surface area contributed by atoms with E-state index in [-0.39, 0.29) is 17.6 Å². The molecule has 0 radical (unpaired) electrons. The average molecular weight is 300 g/mol. The van der Waals surface area contributed by atoms with Crippen LogP contribution in [0.25, 0.3) is 0 Å². The van der Waals surface area contributed by atoms with Gasteiger partial charge in [0.2, 0.25) is 5.96 Å². The molecule has 0 saturated carbocycles. The lowest BCUT2D eigenvalue weighted by molar-refractivity contribution is 0.267. The van der Waals surface area contributed by atoms with Gasteiger partial charge in [-0.25, -0.2) is 5.84 Å². The average Bonchev–Trinajstić information content (AvgIpc) is 2.29. The van der Waals surface area contributed by atoms with Crippen molar-refractivity contribution < 1.29 is 23.6 Å². The number of hydrogen-bond donors (Lipinski definition) is 3. The zero-order valence-electron chi connectivity index (χ0n) is 10.2. The van der Waals surface area contributed by atoms with Crippen LogP contribution in [0.1, 0.15) is 6.42 Å². The molecule has 0 bridgehead atoms. The molecule has 114 valence electrons. The van der Waals surface area contributed by atoms with Gasteiger partial charge in [-0.2, -0.15) is 13.5 Å². The van der Waals surface area contributed by atoms with E-state index in [1.54, 1.807) is 4.90 Å². The molecule has 0 aromatic heterocycles. The fourth-order valence-electron chi connectivity index (χ4n) is 1.38. The second kappa shape index (κ2) is 9.46. The van der Waals surface area contributed by atoms with Crippen molar-refractivity contribution in [2.75, 3.05) is 26.2 Å². The molecule has 0 aromatic rings. The Bertz CT molecular complexity index is 397. The topological polar surface area (TPSA) is 198 Å². The highest BCUT2D eigenvalue weighted by Crippen LogP contribution is 2.01. The van der Waals surface area contributed by atoms with Crippen LogP contribution in [0, 0.1) is 0 Å². The number of aliphatic imine (C=N–C) groups is 1. The highest BCUT2D eigenvalue weighted by atomic mass is 32.2. The maximum absolute atomic E-state index is 11.1. The SMILES string of the molecule is NN=CS(=O)(=O)OCCN1CCCN=C1NN.O.O. The lowest BCUT2D eigenvalue weighted by Crippen LogP contribution is -2.48. The number of hydrogen-bond acceptors (Lipinski definition) is 9. The predicted octanol–water partition coefficient (Wildman–Crippen LogP) is -3.89. The van der Waals surface area contributed by atoms with Crippen molar-refractivity contribution in [2.24, 2.45) is 21.8 Å². The molecule has 0 atom stereocenters. The Morgan fingerprint density at radius 3 is 2.79 bits per heavy atom. The summed E-state index contributed by atoms with van der Waals surface area (Å²) in [5, 5.41) is 2.90. The third-order valence-corrected chi connectivity index (χ3v) is 2.95. The maximum Gasteiger partial charge on any atom is 0.309 e. The Hall–Kier alpha value is -1.47. The van der Waals surface area contributed by atoms with Crippen LogP contribution in [-0.2, 0) is 14.3 Å². The molecule has 0 aliphatic carbocycles. The van der Waals surface area contributed by atoms with Crippen LogP contribution in [0.15, 0.2) is 10.1 Å². The van der Waals surface area contributed by atoms with Crippen molar-refractivity contribution in [3.8, 4) is 0 Å². The van der Waals surface area contributed by atoms with Gasteiger partial charge in [-0.1, -0.05) is 0 Å². The Morgan fingerprint density at radius 1 is 1.53 bits per heavy atom. The summed E-state index contributed by atoms with van der Waals surface area (Å²) >= 11 is 0. The number of nitrogens with one attached hydrogen (secondary N) is 1. The van der Waals surface area contributed by atoms with E-state index in [0.717, 1.165) is 13.0 Å². The van der Waals surface area contributed by atoms with Gasteiger partial charge in [0.05, 0.1) is 6.61 Å². The largest absolute Gasteiger partial charge is 0.412 e. The summed E-state index contributed by atoms with van der Waals surface area (Å²) < 4.78 is 26.8. The Labute approximate surface area is 111 Å². The van der Waals surface area contributed by atoms with Crippen molar-refractivity contribution >= 4 is 21.6 Å². The molecule has 0 aromatic carbocycles. The van der Waals surface area contributed by atoms with Gasteiger partial charge in [0.15, 0.2) is 5.55 Å². The van der Waals surface area contributed by atoms with Crippen LogP contribution in [-0.4, -0.2) is 62.0 Å². The molecule has 0 spiro atoms. The maximum atomic E-state index is 11.1. The highest BCUT2D eigenvalue weighted by Gasteiger charge is 2.15. The van der Waals surface area contributed by atoms with E-state index in [1.165, 1.54) is 0 Å². The fourth-order valence-corrected chi connectivity index (χ4v) is 1.89. The van der Waals surface area contributed by atoms with E-state index >= 15 is 0 Å². The summed E-state index contributed by atoms with van der Waals surface area (Å²) in [5.41, 5.74) is 3.01. The Kier molecular flexibility index (Phi) is 9.89. The minimum atomic E-state index is -3.79. The van der Waals surface area contributed by atoms with Crippen LogP contribution in [0.4, 0.5) is 0 Å². The first-order valence-corrected chi connectivity index (χ1v) is 6.45. The van der Waals surface area contributed by atoms with Gasteiger partial charge in [-0.3, -0.25) is 14.6 Å². The Morgan fingerprint density at radius 2 is 2.21 bits per heavy atom. The first-order valence-electron chi connectivity index (χ1n) is 4.98. The minimum absolute atomic E-state index is 0. The molecule has 1 aliphatic heterocycles. The molecule has 0 saturated heterocycles. The summed E-state index contributed by atoms with van der Waals surface area (Å²) in [4.78, 5) is 5.94. The van der Waals surface area contributed by atoms with E-state index in [4.69, 9.17) is 11.7 Å². The molecule has 1 aliphatic rings. The summed E-state index contributed by atoms with van der Waals surface area (Å²) in [6, 6.07) is 0. The van der Waals surface area contributed by atoms with Crippen LogP contribution in [0.2, 0.25) is 0 Å². The first kappa shape index (κ1) is 19.9. The number of hydrazone groups is 1. The van der Waals surface area contributed by atoms with Gasteiger partial charge >= 0.3 is 10.1 Å². The zero-order chi connectivity index (χ0) is 12.7. The standard InChI is InChI=1S/C7H16N6O3S.2H2O/c8-11-6-17(14,15)16-5-4-13-3-1-2-10-7(13)12-9;;/h6H,1-5,8-9H2,(H,10,12);2*1H2. The number of rotatable bonds is 5. The third kappa shape index (κ3) is 6.88. The van der Waals surface area contributed by atoms with E-state index in [1.807, 2.05) is 0 Å². The lowest BCUT2D eigenvalue weighted by atomic mass is 10.3. The van der Waals surface area contributed by atoms with E-state index in [0.29, 0.717) is 24.6 Å². The summed E-state index contributed by atoms with van der Waals surface area (Å²) in [6.07, 6.45) is 0.891. The molecule has 1 rings (SSSR count). The molecule has 11 nitrogen and oxygen atoms in total. The second-order valence-corrected chi connectivity index (χ2v) is 4.69. The van der Waals surface area contributed by atoms with Gasteiger partial charge in [-0.05, 0) is 6.42 Å². The van der Waals surface area contributed by atoms with Crippen LogP contribution in [0.5, 0.6) is 0 Å². The van der Waals surface area contributed by atoms with Crippen LogP contribution >= 0.6 is 0 Å². The normalized spacial score (nSPS) is 15.4. The molecule has 0 amide bonds. The van der Waals surface area contributed by atoms with Gasteiger partial charge in [0.25, 0.3) is 0 Å². The van der Waals surface area contributed by atoms with Crippen molar-refractivity contribution in [1.82, 2.24) is 10.3 Å². The van der Waals surface area contributed by atoms with Crippen LogP contribution < -0.4 is 17.1 Å². The minimum Gasteiger partial charge on any atom is -0.412 e. The number of guanidine groups is 1. The smallest absolute Gasteiger partial charge is 0.309 e. The molecule has 0 fully saturated rings. The quantitative estimate of drug-likeness (QED) is 0.151. The van der Waals surface area contributed by atoms with Gasteiger partial charge in [0.1, 0.15) is 0 Å². The lowest BCUT2D eigenvalue weighted by Gasteiger charge is -2.28. The molecule has 1 heterocycles. The molecule has 0 unspecified atom stereocenters. The summed E-state index contributed by atoms with van der Waals surface area (Å²) in [5.74, 6) is 10.5. The second-order valence-electron chi connectivity index (χ2n) is 3.26. The first-order chi connectivity index (χ1) is 8.09. The number of hydrazine groups is 1. The Balaban J connectivity index is 0. The fraction of sp³-hybridized carbons (Fsp3) is 0.714. The third-order valence-electron chi connectivity index (χ3n) is 2.08. The molecule has 12 heteroatoms. The highest BCUT2D eigenvalue weighted by molar-refractivity contribution is 8.00. The monoisotopic (exact) mass is 300 g/mol. The molecular weight excluding hydrogens is 280 g/mol. The zero-order valence-corrected chi connectivity index (χ0v) is 11.1. The van der Waals surface area contributed by atoms with Gasteiger partial charge in [-0.15, -0.1) is 0 Å². The number of nitrogens with two attached hydrogens (primary N) is 2. The predicted molar refractivity (Wildman–Crippen MR) is 70.6 cm³/mol. The number of nitrogens with zero attached hydrogens (tertiary/aromatic N) is 3. The van der Waals surface area contributed by atoms with Crippen molar-refractivity contribution in [1.29, 1.82) is 0 Å².